The molecule has 0 spiro atoms. The highest BCUT2D eigenvalue weighted by Gasteiger charge is 2.40. The Balaban J connectivity index is 1.25. The van der Waals surface area contributed by atoms with Crippen LogP contribution in [0, 0.1) is 17.8 Å². The third kappa shape index (κ3) is 3.64. The predicted molar refractivity (Wildman–Crippen MR) is 98.1 cm³/mol. The standard InChI is InChI=1S/C22H27NO/c24-22-8-6-17(7-9-22)10-11-23-15-20-13-19(14-21(20)16-23)12-18-4-2-1-3-5-18/h1-9,19-21,24H,10-16H2. The van der Waals surface area contributed by atoms with E-state index < -0.39 is 0 Å². The largest absolute Gasteiger partial charge is 0.508 e. The predicted octanol–water partition coefficient (Wildman–Crippen LogP) is 4.14. The van der Waals surface area contributed by atoms with Gasteiger partial charge < -0.3 is 10.0 Å². The van der Waals surface area contributed by atoms with Crippen LogP contribution in [-0.2, 0) is 12.8 Å². The summed E-state index contributed by atoms with van der Waals surface area (Å²) in [5, 5.41) is 9.37. The number of phenols is 1. The minimum atomic E-state index is 0.360. The number of fused-ring (bicyclic) bond motifs is 1. The molecule has 0 aromatic heterocycles. The van der Waals surface area contributed by atoms with Crippen LogP contribution >= 0.6 is 0 Å². The van der Waals surface area contributed by atoms with Crippen LogP contribution in [0.3, 0.4) is 0 Å². The van der Waals surface area contributed by atoms with Crippen molar-refractivity contribution in [2.24, 2.45) is 17.8 Å². The summed E-state index contributed by atoms with van der Waals surface area (Å²) in [6, 6.07) is 18.7. The first kappa shape index (κ1) is 15.7. The fourth-order valence-electron chi connectivity index (χ4n) is 4.77. The number of hydrogen-bond donors (Lipinski definition) is 1. The van der Waals surface area contributed by atoms with Crippen molar-refractivity contribution in [1.82, 2.24) is 4.90 Å². The first-order valence-electron chi connectivity index (χ1n) is 9.30. The van der Waals surface area contributed by atoms with Gasteiger partial charge in [-0.2, -0.15) is 0 Å². The highest BCUT2D eigenvalue weighted by Crippen LogP contribution is 2.42. The van der Waals surface area contributed by atoms with E-state index in [2.05, 4.69) is 35.2 Å². The van der Waals surface area contributed by atoms with Crippen molar-refractivity contribution in [1.29, 1.82) is 0 Å². The van der Waals surface area contributed by atoms with Crippen LogP contribution in [0.4, 0.5) is 0 Å². The van der Waals surface area contributed by atoms with Crippen molar-refractivity contribution < 1.29 is 5.11 Å². The molecule has 24 heavy (non-hydrogen) atoms. The second kappa shape index (κ2) is 6.98. The smallest absolute Gasteiger partial charge is 0.115 e. The Kier molecular flexibility index (Phi) is 4.57. The summed E-state index contributed by atoms with van der Waals surface area (Å²) in [6.45, 7) is 3.73. The van der Waals surface area contributed by atoms with Crippen LogP contribution < -0.4 is 0 Å². The first-order valence-corrected chi connectivity index (χ1v) is 9.30. The minimum absolute atomic E-state index is 0.360. The lowest BCUT2D eigenvalue weighted by Gasteiger charge is -2.19. The van der Waals surface area contributed by atoms with Gasteiger partial charge in [0.25, 0.3) is 0 Å². The van der Waals surface area contributed by atoms with E-state index >= 15 is 0 Å². The van der Waals surface area contributed by atoms with Gasteiger partial charge in [-0.1, -0.05) is 42.5 Å². The lowest BCUT2D eigenvalue weighted by atomic mass is 9.96. The summed E-state index contributed by atoms with van der Waals surface area (Å²) in [5.41, 5.74) is 2.83. The second-order valence-corrected chi connectivity index (χ2v) is 7.72. The Hall–Kier alpha value is -1.80. The van der Waals surface area contributed by atoms with Gasteiger partial charge >= 0.3 is 0 Å². The maximum absolute atomic E-state index is 9.37. The van der Waals surface area contributed by atoms with Gasteiger partial charge in [0.2, 0.25) is 0 Å². The molecule has 1 heterocycles. The molecule has 1 saturated heterocycles. The monoisotopic (exact) mass is 321 g/mol. The number of hydrogen-bond acceptors (Lipinski definition) is 2. The van der Waals surface area contributed by atoms with Crippen molar-refractivity contribution >= 4 is 0 Å². The molecule has 1 N–H and O–H groups in total. The number of aromatic hydroxyl groups is 1. The number of likely N-dealkylation sites (tertiary alicyclic amines) is 1. The fourth-order valence-corrected chi connectivity index (χ4v) is 4.77. The zero-order chi connectivity index (χ0) is 16.4. The normalized spacial score (nSPS) is 26.6. The Morgan fingerprint density at radius 3 is 2.17 bits per heavy atom. The topological polar surface area (TPSA) is 23.5 Å². The number of phenolic OH excluding ortho intramolecular Hbond substituents is 1. The lowest BCUT2D eigenvalue weighted by Crippen LogP contribution is -2.25. The molecule has 2 fully saturated rings. The van der Waals surface area contributed by atoms with E-state index in [1.807, 2.05) is 12.1 Å². The summed E-state index contributed by atoms with van der Waals surface area (Å²) in [6.07, 6.45) is 5.18. The maximum atomic E-state index is 9.37. The molecule has 126 valence electrons. The summed E-state index contributed by atoms with van der Waals surface area (Å²) < 4.78 is 0. The van der Waals surface area contributed by atoms with Gasteiger partial charge in [-0.05, 0) is 66.7 Å². The average molecular weight is 321 g/mol. The molecule has 0 bridgehead atoms. The fraction of sp³-hybridized carbons (Fsp3) is 0.455. The molecule has 2 heteroatoms. The molecule has 2 aliphatic rings. The first-order chi connectivity index (χ1) is 11.8. The highest BCUT2D eigenvalue weighted by atomic mass is 16.3. The third-order valence-corrected chi connectivity index (χ3v) is 5.94. The van der Waals surface area contributed by atoms with E-state index in [1.165, 1.54) is 43.5 Å². The molecule has 2 atom stereocenters. The quantitative estimate of drug-likeness (QED) is 0.895. The van der Waals surface area contributed by atoms with Gasteiger partial charge in [0.15, 0.2) is 0 Å². The van der Waals surface area contributed by atoms with E-state index in [9.17, 15) is 5.11 Å². The van der Waals surface area contributed by atoms with Crippen LogP contribution in [0.5, 0.6) is 5.75 Å². The summed E-state index contributed by atoms with van der Waals surface area (Å²) in [5.74, 6) is 3.08. The van der Waals surface area contributed by atoms with Gasteiger partial charge in [-0.3, -0.25) is 0 Å². The van der Waals surface area contributed by atoms with Gasteiger partial charge in [-0.15, -0.1) is 0 Å². The average Bonchev–Trinajstić information content (AvgIpc) is 3.13. The molecule has 1 aliphatic carbocycles. The summed E-state index contributed by atoms with van der Waals surface area (Å²) in [7, 11) is 0. The molecule has 2 nitrogen and oxygen atoms in total. The maximum Gasteiger partial charge on any atom is 0.115 e. The van der Waals surface area contributed by atoms with Gasteiger partial charge in [-0.25, -0.2) is 0 Å². The molecule has 4 rings (SSSR count). The number of nitrogens with zero attached hydrogens (tertiary/aromatic N) is 1. The molecule has 2 aromatic carbocycles. The van der Waals surface area contributed by atoms with E-state index in [1.54, 1.807) is 12.1 Å². The molecule has 0 amide bonds. The van der Waals surface area contributed by atoms with E-state index in [0.29, 0.717) is 5.75 Å². The van der Waals surface area contributed by atoms with Crippen molar-refractivity contribution in [3.63, 3.8) is 0 Å². The second-order valence-electron chi connectivity index (χ2n) is 7.72. The van der Waals surface area contributed by atoms with Crippen molar-refractivity contribution in [2.45, 2.75) is 25.7 Å². The molecule has 0 radical (unpaired) electrons. The van der Waals surface area contributed by atoms with Crippen LogP contribution in [0.15, 0.2) is 54.6 Å². The molecule has 2 unspecified atom stereocenters. The van der Waals surface area contributed by atoms with Gasteiger partial charge in [0.05, 0.1) is 0 Å². The minimum Gasteiger partial charge on any atom is -0.508 e. The SMILES string of the molecule is Oc1ccc(CCN2CC3CC(Cc4ccccc4)CC3C2)cc1. The van der Waals surface area contributed by atoms with Crippen molar-refractivity contribution in [3.8, 4) is 5.75 Å². The summed E-state index contributed by atoms with van der Waals surface area (Å²) >= 11 is 0. The highest BCUT2D eigenvalue weighted by molar-refractivity contribution is 5.26. The molecule has 1 aliphatic heterocycles. The zero-order valence-corrected chi connectivity index (χ0v) is 14.3. The van der Waals surface area contributed by atoms with E-state index in [0.717, 1.165) is 30.7 Å². The van der Waals surface area contributed by atoms with Crippen LogP contribution in [-0.4, -0.2) is 29.6 Å². The Bertz CT molecular complexity index is 637. The van der Waals surface area contributed by atoms with Crippen LogP contribution in [0.1, 0.15) is 24.0 Å². The molecule has 1 saturated carbocycles. The van der Waals surface area contributed by atoms with Crippen LogP contribution in [0.2, 0.25) is 0 Å². The zero-order valence-electron chi connectivity index (χ0n) is 14.3. The van der Waals surface area contributed by atoms with Gasteiger partial charge in [0, 0.05) is 19.6 Å². The Labute approximate surface area is 145 Å². The van der Waals surface area contributed by atoms with E-state index in [4.69, 9.17) is 0 Å². The number of rotatable bonds is 5. The Morgan fingerprint density at radius 2 is 1.50 bits per heavy atom. The molecular weight excluding hydrogens is 294 g/mol. The third-order valence-electron chi connectivity index (χ3n) is 5.94. The lowest BCUT2D eigenvalue weighted by molar-refractivity contribution is 0.300. The van der Waals surface area contributed by atoms with Crippen molar-refractivity contribution in [2.75, 3.05) is 19.6 Å². The molecule has 2 aromatic rings. The van der Waals surface area contributed by atoms with E-state index in [-0.39, 0.29) is 0 Å². The molecular formula is C22H27NO. The number of benzene rings is 2. The Morgan fingerprint density at radius 1 is 0.833 bits per heavy atom. The van der Waals surface area contributed by atoms with Gasteiger partial charge in [0.1, 0.15) is 5.75 Å². The van der Waals surface area contributed by atoms with Crippen molar-refractivity contribution in [3.05, 3.63) is 65.7 Å². The summed E-state index contributed by atoms with van der Waals surface area (Å²) in [4.78, 5) is 2.65. The van der Waals surface area contributed by atoms with Crippen LogP contribution in [0.25, 0.3) is 0 Å².